The minimum Gasteiger partial charge on any atom is -0.357 e. The van der Waals surface area contributed by atoms with Crippen LogP contribution in [0.1, 0.15) is 25.1 Å². The molecule has 5 heteroatoms. The lowest BCUT2D eigenvalue weighted by Crippen LogP contribution is -2.41. The summed E-state index contributed by atoms with van der Waals surface area (Å²) in [4.78, 5) is 11.7. The molecule has 0 spiro atoms. The molecule has 2 N–H and O–H groups in total. The van der Waals surface area contributed by atoms with Gasteiger partial charge in [-0.2, -0.15) is 5.10 Å². The summed E-state index contributed by atoms with van der Waals surface area (Å²) in [7, 11) is 1.63. The van der Waals surface area contributed by atoms with Crippen LogP contribution in [0.2, 0.25) is 0 Å². The molecule has 0 saturated heterocycles. The molecule has 17 heavy (non-hydrogen) atoms. The van der Waals surface area contributed by atoms with Crippen molar-refractivity contribution in [2.75, 3.05) is 12.4 Å². The van der Waals surface area contributed by atoms with Gasteiger partial charge in [-0.3, -0.25) is 4.79 Å². The van der Waals surface area contributed by atoms with Gasteiger partial charge in [0.2, 0.25) is 5.91 Å². The largest absolute Gasteiger partial charge is 0.357 e. The van der Waals surface area contributed by atoms with Crippen molar-refractivity contribution in [3.8, 4) is 0 Å². The van der Waals surface area contributed by atoms with Gasteiger partial charge in [0.15, 0.2) is 0 Å². The number of amides is 1. The van der Waals surface area contributed by atoms with Gasteiger partial charge in [0, 0.05) is 7.05 Å². The van der Waals surface area contributed by atoms with E-state index in [4.69, 9.17) is 0 Å². The number of nitrogens with zero attached hydrogens (tertiary/aromatic N) is 2. The molecular formula is C12H20N4O. The smallest absolute Gasteiger partial charge is 0.242 e. The average molecular weight is 236 g/mol. The van der Waals surface area contributed by atoms with Crippen molar-refractivity contribution in [3.05, 3.63) is 17.3 Å². The Balaban J connectivity index is 2.86. The molecule has 1 atom stereocenters. The standard InChI is InChI=1S/C12H20N4O/c1-7(2)11(12(17)13-5)14-10-6-8(3)9(4)15-16-10/h6-7,11H,1-5H3,(H,13,17)(H,14,16). The first-order valence-electron chi connectivity index (χ1n) is 5.74. The molecule has 1 aromatic heterocycles. The van der Waals surface area contributed by atoms with E-state index in [1.165, 1.54) is 0 Å². The van der Waals surface area contributed by atoms with Crippen molar-refractivity contribution in [3.63, 3.8) is 0 Å². The van der Waals surface area contributed by atoms with Gasteiger partial charge in [0.05, 0.1) is 5.69 Å². The third-order valence-electron chi connectivity index (χ3n) is 2.73. The Morgan fingerprint density at radius 3 is 2.41 bits per heavy atom. The van der Waals surface area contributed by atoms with Crippen LogP contribution < -0.4 is 10.6 Å². The quantitative estimate of drug-likeness (QED) is 0.826. The van der Waals surface area contributed by atoms with Crippen LogP contribution >= 0.6 is 0 Å². The highest BCUT2D eigenvalue weighted by molar-refractivity contribution is 5.84. The highest BCUT2D eigenvalue weighted by Gasteiger charge is 2.21. The molecule has 94 valence electrons. The molecule has 0 aliphatic carbocycles. The summed E-state index contributed by atoms with van der Waals surface area (Å²) >= 11 is 0. The zero-order valence-corrected chi connectivity index (χ0v) is 11.0. The van der Waals surface area contributed by atoms with Gasteiger partial charge in [-0.25, -0.2) is 0 Å². The SMILES string of the molecule is CNC(=O)C(Nc1cc(C)c(C)nn1)C(C)C. The van der Waals surface area contributed by atoms with E-state index in [2.05, 4.69) is 20.8 Å². The van der Waals surface area contributed by atoms with E-state index in [9.17, 15) is 4.79 Å². The van der Waals surface area contributed by atoms with Crippen molar-refractivity contribution in [2.24, 2.45) is 5.92 Å². The molecule has 1 heterocycles. The molecule has 1 rings (SSSR count). The van der Waals surface area contributed by atoms with Crippen LogP contribution in [-0.2, 0) is 4.79 Å². The average Bonchev–Trinajstić information content (AvgIpc) is 2.29. The number of aromatic nitrogens is 2. The molecule has 1 unspecified atom stereocenters. The van der Waals surface area contributed by atoms with Gasteiger partial charge in [0.25, 0.3) is 0 Å². The Bertz CT molecular complexity index is 403. The van der Waals surface area contributed by atoms with E-state index in [0.717, 1.165) is 11.3 Å². The maximum atomic E-state index is 11.7. The Morgan fingerprint density at radius 2 is 1.94 bits per heavy atom. The molecule has 0 aliphatic heterocycles. The number of aryl methyl sites for hydroxylation is 2. The Morgan fingerprint density at radius 1 is 1.29 bits per heavy atom. The van der Waals surface area contributed by atoms with E-state index in [1.807, 2.05) is 33.8 Å². The maximum absolute atomic E-state index is 11.7. The second kappa shape index (κ2) is 5.61. The fourth-order valence-corrected chi connectivity index (χ4v) is 1.47. The minimum atomic E-state index is -0.295. The van der Waals surface area contributed by atoms with E-state index in [-0.39, 0.29) is 17.9 Å². The van der Waals surface area contributed by atoms with Crippen molar-refractivity contribution >= 4 is 11.7 Å². The van der Waals surface area contributed by atoms with Crippen molar-refractivity contribution < 1.29 is 4.79 Å². The number of carbonyl (C=O) groups is 1. The van der Waals surface area contributed by atoms with Crippen LogP contribution in [0.5, 0.6) is 0 Å². The highest BCUT2D eigenvalue weighted by atomic mass is 16.2. The fraction of sp³-hybridized carbons (Fsp3) is 0.583. The monoisotopic (exact) mass is 236 g/mol. The third kappa shape index (κ3) is 3.41. The first-order chi connectivity index (χ1) is 7.95. The van der Waals surface area contributed by atoms with Gasteiger partial charge >= 0.3 is 0 Å². The van der Waals surface area contributed by atoms with E-state index >= 15 is 0 Å². The van der Waals surface area contributed by atoms with Crippen molar-refractivity contribution in [2.45, 2.75) is 33.7 Å². The Kier molecular flexibility index (Phi) is 4.43. The van der Waals surface area contributed by atoms with Gasteiger partial charge in [-0.1, -0.05) is 13.8 Å². The summed E-state index contributed by atoms with van der Waals surface area (Å²) < 4.78 is 0. The van der Waals surface area contributed by atoms with Crippen LogP contribution in [0, 0.1) is 19.8 Å². The van der Waals surface area contributed by atoms with Crippen LogP contribution in [0.25, 0.3) is 0 Å². The fourth-order valence-electron chi connectivity index (χ4n) is 1.47. The summed E-state index contributed by atoms with van der Waals surface area (Å²) in [5, 5.41) is 13.8. The van der Waals surface area contributed by atoms with Crippen LogP contribution in [0.15, 0.2) is 6.07 Å². The Hall–Kier alpha value is -1.65. The summed E-state index contributed by atoms with van der Waals surface area (Å²) in [5.41, 5.74) is 1.96. The lowest BCUT2D eigenvalue weighted by atomic mass is 10.0. The second-order valence-corrected chi connectivity index (χ2v) is 4.48. The van der Waals surface area contributed by atoms with E-state index in [1.54, 1.807) is 7.05 Å². The molecule has 0 fully saturated rings. The number of nitrogens with one attached hydrogen (secondary N) is 2. The summed E-state index contributed by atoms with van der Waals surface area (Å²) in [5.74, 6) is 0.772. The van der Waals surface area contributed by atoms with Crippen molar-refractivity contribution in [1.82, 2.24) is 15.5 Å². The lowest BCUT2D eigenvalue weighted by molar-refractivity contribution is -0.122. The molecule has 0 saturated carbocycles. The zero-order valence-electron chi connectivity index (χ0n) is 11.0. The van der Waals surface area contributed by atoms with Crippen molar-refractivity contribution in [1.29, 1.82) is 0 Å². The zero-order chi connectivity index (χ0) is 13.0. The number of hydrogen-bond acceptors (Lipinski definition) is 4. The van der Waals surface area contributed by atoms with E-state index < -0.39 is 0 Å². The molecule has 0 bridgehead atoms. The molecule has 1 amide bonds. The number of likely N-dealkylation sites (N-methyl/N-ethyl adjacent to an activating group) is 1. The van der Waals surface area contributed by atoms with Gasteiger partial charge in [-0.05, 0) is 31.4 Å². The molecule has 0 radical (unpaired) electrons. The lowest BCUT2D eigenvalue weighted by Gasteiger charge is -2.21. The Labute approximate surface area is 102 Å². The number of anilines is 1. The summed E-state index contributed by atoms with van der Waals surface area (Å²) in [6, 6.07) is 1.61. The van der Waals surface area contributed by atoms with E-state index in [0.29, 0.717) is 5.82 Å². The molecule has 0 aromatic carbocycles. The molecule has 1 aromatic rings. The minimum absolute atomic E-state index is 0.0416. The third-order valence-corrected chi connectivity index (χ3v) is 2.73. The second-order valence-electron chi connectivity index (χ2n) is 4.48. The number of rotatable bonds is 4. The molecule has 0 aliphatic rings. The van der Waals surface area contributed by atoms with Gasteiger partial charge < -0.3 is 10.6 Å². The summed E-state index contributed by atoms with van der Waals surface area (Å²) in [6.45, 7) is 7.85. The summed E-state index contributed by atoms with van der Waals surface area (Å²) in [6.07, 6.45) is 0. The predicted octanol–water partition coefficient (Wildman–Crippen LogP) is 1.28. The van der Waals surface area contributed by atoms with Crippen LogP contribution in [0.3, 0.4) is 0 Å². The highest BCUT2D eigenvalue weighted by Crippen LogP contribution is 2.12. The first kappa shape index (κ1) is 13.4. The molecular weight excluding hydrogens is 216 g/mol. The number of hydrogen-bond donors (Lipinski definition) is 2. The van der Waals surface area contributed by atoms with Crippen LogP contribution in [0.4, 0.5) is 5.82 Å². The van der Waals surface area contributed by atoms with Gasteiger partial charge in [0.1, 0.15) is 11.9 Å². The topological polar surface area (TPSA) is 66.9 Å². The van der Waals surface area contributed by atoms with Gasteiger partial charge in [-0.15, -0.1) is 5.10 Å². The maximum Gasteiger partial charge on any atom is 0.242 e. The molecule has 5 nitrogen and oxygen atoms in total. The predicted molar refractivity (Wildman–Crippen MR) is 67.8 cm³/mol. The number of carbonyl (C=O) groups excluding carboxylic acids is 1. The first-order valence-corrected chi connectivity index (χ1v) is 5.74. The van der Waals surface area contributed by atoms with Crippen LogP contribution in [-0.4, -0.2) is 29.2 Å². The normalized spacial score (nSPS) is 12.4.